The molecule has 4 aromatic rings. The molecule has 2 aromatic heterocycles. The van der Waals surface area contributed by atoms with Gasteiger partial charge in [0.1, 0.15) is 22.8 Å². The van der Waals surface area contributed by atoms with Crippen LogP contribution in [0.15, 0.2) is 43.9 Å². The van der Waals surface area contributed by atoms with Crippen LogP contribution in [0, 0.1) is 33.3 Å². The van der Waals surface area contributed by atoms with Crippen LogP contribution in [0.25, 0.3) is 21.8 Å². The molecular weight excluding hydrogens is 899 g/mol. The molecule has 0 atom stereocenters. The maximum absolute atomic E-state index is 15.6. The van der Waals surface area contributed by atoms with Gasteiger partial charge < -0.3 is 49.6 Å². The summed E-state index contributed by atoms with van der Waals surface area (Å²) >= 11 is 2.88. The largest absolute Gasteiger partial charge is 0.477 e. The quantitative estimate of drug-likeness (QED) is 0.0588. The highest BCUT2D eigenvalue weighted by molar-refractivity contribution is 8.00. The summed E-state index contributed by atoms with van der Waals surface area (Å²) in [5.41, 5.74) is -0.378. The zero-order valence-corrected chi connectivity index (χ0v) is 37.5. The predicted molar refractivity (Wildman–Crippen MR) is 251 cm³/mol. The molecule has 4 aliphatic heterocycles. The number of carbonyl (C=O) groups is 2. The average molecular weight is 949 g/mol. The third-order valence-electron chi connectivity index (χ3n) is 12.1. The van der Waals surface area contributed by atoms with E-state index in [0.29, 0.717) is 122 Å². The van der Waals surface area contributed by atoms with Crippen LogP contribution in [0.2, 0.25) is 0 Å². The first-order valence-electron chi connectivity index (χ1n) is 21.6. The minimum atomic E-state index is -1.35. The average Bonchev–Trinajstić information content (AvgIpc) is 3.29. The summed E-state index contributed by atoms with van der Waals surface area (Å²) in [5.74, 6) is -2.61. The smallest absolute Gasteiger partial charge is 0.341 e. The third kappa shape index (κ3) is 9.28. The molecule has 0 spiro atoms. The van der Waals surface area contributed by atoms with Gasteiger partial charge in [-0.3, -0.25) is 41.9 Å². The van der Waals surface area contributed by atoms with Crippen LogP contribution in [-0.2, 0) is 13.1 Å². The fourth-order valence-corrected chi connectivity index (χ4v) is 11.2. The van der Waals surface area contributed by atoms with Gasteiger partial charge in [0, 0.05) is 102 Å². The molecule has 0 radical (unpaired) electrons. The third-order valence-corrected chi connectivity index (χ3v) is 14.2. The van der Waals surface area contributed by atoms with Gasteiger partial charge in [-0.1, -0.05) is 12.8 Å². The lowest BCUT2D eigenvalue weighted by Crippen LogP contribution is -2.55. The maximum Gasteiger partial charge on any atom is 0.341 e. The van der Waals surface area contributed by atoms with Gasteiger partial charge in [0.05, 0.1) is 43.0 Å². The van der Waals surface area contributed by atoms with E-state index in [1.54, 1.807) is 18.9 Å². The van der Waals surface area contributed by atoms with Gasteiger partial charge in [-0.05, 0) is 25.0 Å². The zero-order valence-electron chi connectivity index (χ0n) is 35.8. The highest BCUT2D eigenvalue weighted by atomic mass is 32.2. The number of benzene rings is 2. The lowest BCUT2D eigenvalue weighted by Gasteiger charge is -2.38. The van der Waals surface area contributed by atoms with Crippen molar-refractivity contribution in [3.05, 3.63) is 67.7 Å². The van der Waals surface area contributed by atoms with E-state index in [-0.39, 0.29) is 45.7 Å². The number of guanidine groups is 4. The molecule has 0 unspecified atom stereocenters. The standard InChI is InChI=1S/C42H50F2N14O6S2/c43-27-19-23-29-35(65-17-15-57(29)21-25(33(23)59)37(61)62)31(27)53-7-11-55(12-8-53)41(47)51-39(45)49-5-3-1-2-4-6-50-40(46)52-42(48)56-13-9-54(10-14-56)32-28(44)20-24-30-36(32)66-18-16-58(30)22-26(34(24)60)38(63)64/h19-22H,1-18H2,(H,61,62)(H,63,64)(H4,45,47,49,51)(H4,46,48,50,52). The van der Waals surface area contributed by atoms with Crippen molar-refractivity contribution in [3.8, 4) is 0 Å². The summed E-state index contributed by atoms with van der Waals surface area (Å²) in [5, 5.41) is 64.3. The van der Waals surface area contributed by atoms with Crippen molar-refractivity contribution in [1.82, 2.24) is 40.2 Å². The molecule has 2 aromatic carbocycles. The van der Waals surface area contributed by atoms with E-state index in [1.165, 1.54) is 35.9 Å². The Hall–Kier alpha value is -6.56. The van der Waals surface area contributed by atoms with Crippen LogP contribution in [0.3, 0.4) is 0 Å². The van der Waals surface area contributed by atoms with Crippen LogP contribution < -0.4 is 41.9 Å². The van der Waals surface area contributed by atoms with E-state index in [1.807, 2.05) is 9.80 Å². The molecule has 0 aliphatic carbocycles. The number of unbranched alkanes of at least 4 members (excludes halogenated alkanes) is 3. The van der Waals surface area contributed by atoms with Crippen LogP contribution >= 0.6 is 23.5 Å². The summed E-state index contributed by atoms with van der Waals surface area (Å²) in [7, 11) is 0. The second-order valence-corrected chi connectivity index (χ2v) is 18.4. The van der Waals surface area contributed by atoms with Crippen molar-refractivity contribution in [2.75, 3.05) is 86.8 Å². The number of halogens is 2. The van der Waals surface area contributed by atoms with Gasteiger partial charge in [-0.15, -0.1) is 23.5 Å². The number of hydrogen-bond donors (Lipinski definition) is 10. The number of hydrogen-bond acceptors (Lipinski definition) is 12. The minimum Gasteiger partial charge on any atom is -0.477 e. The Kier molecular flexibility index (Phi) is 13.6. The molecule has 8 rings (SSSR count). The van der Waals surface area contributed by atoms with Crippen molar-refractivity contribution in [1.29, 1.82) is 21.6 Å². The Bertz CT molecular complexity index is 2600. The van der Waals surface area contributed by atoms with E-state index >= 15 is 8.78 Å². The number of aromatic nitrogens is 2. The van der Waals surface area contributed by atoms with Gasteiger partial charge in [0.25, 0.3) is 0 Å². The predicted octanol–water partition coefficient (Wildman–Crippen LogP) is 2.80. The fraction of sp³-hybridized carbons (Fsp3) is 0.429. The number of pyridine rings is 2. The molecule has 66 heavy (non-hydrogen) atoms. The Labute approximate surface area is 384 Å². The number of carboxylic acid groups (broad SMARTS) is 2. The maximum atomic E-state index is 15.6. The first kappa shape index (κ1) is 46.0. The molecule has 20 nitrogen and oxygen atoms in total. The number of aryl methyl sites for hydroxylation is 2. The van der Waals surface area contributed by atoms with Crippen molar-refractivity contribution < 1.29 is 28.6 Å². The number of anilines is 2. The summed E-state index contributed by atoms with van der Waals surface area (Å²) < 4.78 is 34.7. The molecule has 2 fully saturated rings. The van der Waals surface area contributed by atoms with Crippen LogP contribution in [-0.4, -0.2) is 142 Å². The summed E-state index contributed by atoms with van der Waals surface area (Å²) in [4.78, 5) is 57.6. The number of nitrogens with one attached hydrogen (secondary N) is 8. The Balaban J connectivity index is 0.704. The lowest BCUT2D eigenvalue weighted by molar-refractivity contribution is 0.0684. The van der Waals surface area contributed by atoms with Gasteiger partial charge >= 0.3 is 11.9 Å². The van der Waals surface area contributed by atoms with Gasteiger partial charge in [0.2, 0.25) is 10.9 Å². The number of thioether (sulfide) groups is 2. The first-order chi connectivity index (χ1) is 31.7. The van der Waals surface area contributed by atoms with Crippen molar-refractivity contribution in [2.45, 2.75) is 48.6 Å². The van der Waals surface area contributed by atoms with Gasteiger partial charge in [0.15, 0.2) is 23.8 Å². The van der Waals surface area contributed by atoms with E-state index in [2.05, 4.69) is 21.3 Å². The Morgan fingerprint density at radius 1 is 0.591 bits per heavy atom. The van der Waals surface area contributed by atoms with E-state index in [9.17, 15) is 29.4 Å². The molecule has 2 saturated heterocycles. The van der Waals surface area contributed by atoms with Crippen molar-refractivity contribution >= 4 is 92.5 Å². The Morgan fingerprint density at radius 3 is 1.33 bits per heavy atom. The van der Waals surface area contributed by atoms with Gasteiger partial charge in [-0.25, -0.2) is 18.4 Å². The second kappa shape index (κ2) is 19.5. The second-order valence-electron chi connectivity index (χ2n) is 16.2. The molecule has 0 saturated carbocycles. The van der Waals surface area contributed by atoms with Crippen LogP contribution in [0.5, 0.6) is 0 Å². The number of piperazine rings is 2. The van der Waals surface area contributed by atoms with Crippen molar-refractivity contribution in [3.63, 3.8) is 0 Å². The monoisotopic (exact) mass is 948 g/mol. The molecule has 10 N–H and O–H groups in total. The normalized spacial score (nSPS) is 15.7. The number of carboxylic acids is 2. The molecule has 350 valence electrons. The molecular formula is C42H50F2N14O6S2. The molecule has 4 aliphatic rings. The topological polar surface area (TPSA) is 275 Å². The fourth-order valence-electron chi connectivity index (χ4n) is 8.81. The summed E-state index contributed by atoms with van der Waals surface area (Å²) in [6.07, 6.45) is 5.95. The molecule has 0 amide bonds. The zero-order chi connectivity index (χ0) is 46.8. The SMILES string of the molecule is N=C(NCCCCCCNC(=N)NC(=N)N1CCN(c2c(F)cc3c(=O)c(C(=O)O)cn4c3c2SCC4)CC1)NC(=N)N1CCN(c2c(F)cc3c(=O)c(C(=O)O)cn4c3c2SCC4)CC1. The molecule has 24 heteroatoms. The van der Waals surface area contributed by atoms with Crippen LogP contribution in [0.1, 0.15) is 46.4 Å². The van der Waals surface area contributed by atoms with E-state index in [0.717, 1.165) is 37.8 Å². The van der Waals surface area contributed by atoms with E-state index in [4.69, 9.17) is 21.6 Å². The number of aromatic carboxylic acids is 2. The van der Waals surface area contributed by atoms with Gasteiger partial charge in [-0.2, -0.15) is 0 Å². The highest BCUT2D eigenvalue weighted by Gasteiger charge is 2.31. The first-order valence-corrected chi connectivity index (χ1v) is 23.6. The Morgan fingerprint density at radius 2 is 0.970 bits per heavy atom. The number of nitrogens with zero attached hydrogens (tertiary/aromatic N) is 6. The van der Waals surface area contributed by atoms with Crippen LogP contribution in [0.4, 0.5) is 20.2 Å². The van der Waals surface area contributed by atoms with Crippen molar-refractivity contribution in [2.24, 2.45) is 0 Å². The number of rotatable bonds is 11. The minimum absolute atomic E-state index is 0.00793. The molecule has 6 heterocycles. The summed E-state index contributed by atoms with van der Waals surface area (Å²) in [6, 6.07) is 2.27. The molecule has 0 bridgehead atoms. The van der Waals surface area contributed by atoms with E-state index < -0.39 is 34.4 Å². The lowest BCUT2D eigenvalue weighted by atomic mass is 10.1. The summed E-state index contributed by atoms with van der Waals surface area (Å²) in [6.45, 7) is 5.20. The highest BCUT2D eigenvalue weighted by Crippen LogP contribution is 2.43.